The molecule has 5 heteroatoms. The Morgan fingerprint density at radius 3 is 2.80 bits per heavy atom. The Kier molecular flexibility index (Phi) is 2.15. The van der Waals surface area contributed by atoms with Gasteiger partial charge in [-0.05, 0) is 0 Å². The van der Waals surface area contributed by atoms with Gasteiger partial charge in [-0.3, -0.25) is 4.79 Å². The van der Waals surface area contributed by atoms with E-state index >= 15 is 0 Å². The number of rotatable bonds is 1. The predicted molar refractivity (Wildman–Crippen MR) is 50.8 cm³/mol. The number of carbonyl (C=O) groups is 1. The third kappa shape index (κ3) is 1.36. The average molecular weight is 210 g/mol. The molecule has 0 aliphatic carbocycles. The van der Waals surface area contributed by atoms with Gasteiger partial charge in [-0.1, -0.05) is 0 Å². The zero-order valence-corrected chi connectivity index (χ0v) is 8.11. The van der Waals surface area contributed by atoms with Crippen LogP contribution in [0.1, 0.15) is 16.8 Å². The molecular formula is C10H10O5. The summed E-state index contributed by atoms with van der Waals surface area (Å²) in [4.78, 5) is 11.5. The molecule has 5 nitrogen and oxygen atoms in total. The van der Waals surface area contributed by atoms with E-state index in [-0.39, 0.29) is 47.4 Å². The zero-order valence-electron chi connectivity index (χ0n) is 8.11. The van der Waals surface area contributed by atoms with Crippen molar-refractivity contribution in [2.45, 2.75) is 6.42 Å². The van der Waals surface area contributed by atoms with E-state index in [1.165, 1.54) is 7.11 Å². The number of phenols is 2. The van der Waals surface area contributed by atoms with Gasteiger partial charge in [0.05, 0.1) is 13.7 Å². The minimum Gasteiger partial charge on any atom is -0.507 e. The van der Waals surface area contributed by atoms with E-state index in [0.717, 1.165) is 6.07 Å². The van der Waals surface area contributed by atoms with Crippen molar-refractivity contribution in [3.05, 3.63) is 11.6 Å². The van der Waals surface area contributed by atoms with Crippen molar-refractivity contribution in [2.75, 3.05) is 13.7 Å². The molecule has 0 bridgehead atoms. The fourth-order valence-corrected chi connectivity index (χ4v) is 1.59. The van der Waals surface area contributed by atoms with Gasteiger partial charge in [0.15, 0.2) is 17.3 Å². The van der Waals surface area contributed by atoms with Gasteiger partial charge in [-0.25, -0.2) is 0 Å². The molecule has 0 radical (unpaired) electrons. The van der Waals surface area contributed by atoms with Gasteiger partial charge in [-0.15, -0.1) is 0 Å². The Balaban J connectivity index is 2.70. The maximum absolute atomic E-state index is 11.5. The van der Waals surface area contributed by atoms with Crippen molar-refractivity contribution in [1.29, 1.82) is 0 Å². The first kappa shape index (κ1) is 9.64. The van der Waals surface area contributed by atoms with Crippen LogP contribution in [0.2, 0.25) is 0 Å². The maximum Gasteiger partial charge on any atom is 0.204 e. The second-order valence-corrected chi connectivity index (χ2v) is 3.17. The second-order valence-electron chi connectivity index (χ2n) is 3.17. The summed E-state index contributed by atoms with van der Waals surface area (Å²) in [5.41, 5.74) is 0.0795. The smallest absolute Gasteiger partial charge is 0.204 e. The topological polar surface area (TPSA) is 76.0 Å². The lowest BCUT2D eigenvalue weighted by Crippen LogP contribution is -2.16. The van der Waals surface area contributed by atoms with Crippen LogP contribution in [0.15, 0.2) is 6.07 Å². The summed E-state index contributed by atoms with van der Waals surface area (Å²) in [6.45, 7) is 0.227. The van der Waals surface area contributed by atoms with Gasteiger partial charge >= 0.3 is 0 Å². The number of carbonyl (C=O) groups excluding carboxylic acids is 1. The fraction of sp³-hybridized carbons (Fsp3) is 0.300. The fourth-order valence-electron chi connectivity index (χ4n) is 1.59. The van der Waals surface area contributed by atoms with Crippen molar-refractivity contribution in [1.82, 2.24) is 0 Å². The molecule has 2 N–H and O–H groups in total. The van der Waals surface area contributed by atoms with E-state index in [1.807, 2.05) is 0 Å². The molecule has 1 heterocycles. The quantitative estimate of drug-likeness (QED) is 0.725. The van der Waals surface area contributed by atoms with Crippen molar-refractivity contribution in [3.63, 3.8) is 0 Å². The first-order chi connectivity index (χ1) is 7.15. The van der Waals surface area contributed by atoms with E-state index in [4.69, 9.17) is 9.47 Å². The van der Waals surface area contributed by atoms with Gasteiger partial charge in [0.1, 0.15) is 11.3 Å². The molecule has 2 rings (SSSR count). The van der Waals surface area contributed by atoms with Crippen LogP contribution in [0.5, 0.6) is 23.0 Å². The van der Waals surface area contributed by atoms with Gasteiger partial charge in [0.25, 0.3) is 0 Å². The summed E-state index contributed by atoms with van der Waals surface area (Å²) in [6.07, 6.45) is 0.217. The van der Waals surface area contributed by atoms with Gasteiger partial charge in [0, 0.05) is 12.5 Å². The molecule has 0 saturated heterocycles. The monoisotopic (exact) mass is 210 g/mol. The van der Waals surface area contributed by atoms with E-state index in [1.54, 1.807) is 0 Å². The number of hydrogen-bond donors (Lipinski definition) is 2. The summed E-state index contributed by atoms with van der Waals surface area (Å²) in [5.74, 6) is -0.550. The molecule has 0 saturated carbocycles. The molecule has 80 valence electrons. The minimum absolute atomic E-state index is 0.0795. The number of phenolic OH excluding ortho intramolecular Hbond substituents is 2. The molecule has 0 fully saturated rings. The molecule has 1 aliphatic rings. The summed E-state index contributed by atoms with van der Waals surface area (Å²) in [7, 11) is 1.36. The van der Waals surface area contributed by atoms with Crippen molar-refractivity contribution in [3.8, 4) is 23.0 Å². The third-order valence-corrected chi connectivity index (χ3v) is 2.25. The van der Waals surface area contributed by atoms with Gasteiger partial charge in [-0.2, -0.15) is 0 Å². The lowest BCUT2D eigenvalue weighted by Gasteiger charge is -2.20. The molecule has 0 amide bonds. The number of ketones is 1. The minimum atomic E-state index is -0.284. The zero-order chi connectivity index (χ0) is 11.0. The van der Waals surface area contributed by atoms with Gasteiger partial charge < -0.3 is 19.7 Å². The Labute approximate surface area is 85.9 Å². The highest BCUT2D eigenvalue weighted by Gasteiger charge is 2.28. The molecule has 0 aromatic heterocycles. The molecule has 0 atom stereocenters. The number of Topliss-reactive ketones (excluding diaryl/α,β-unsaturated/α-hetero) is 1. The van der Waals surface area contributed by atoms with Crippen LogP contribution < -0.4 is 9.47 Å². The number of methoxy groups -OCH3 is 1. The van der Waals surface area contributed by atoms with Crippen molar-refractivity contribution in [2.24, 2.45) is 0 Å². The lowest BCUT2D eigenvalue weighted by atomic mass is 10.0. The van der Waals surface area contributed by atoms with Crippen LogP contribution in [0.25, 0.3) is 0 Å². The van der Waals surface area contributed by atoms with E-state index in [9.17, 15) is 15.0 Å². The Morgan fingerprint density at radius 1 is 1.40 bits per heavy atom. The molecule has 1 aromatic carbocycles. The van der Waals surface area contributed by atoms with Crippen LogP contribution in [-0.4, -0.2) is 29.7 Å². The summed E-state index contributed by atoms with van der Waals surface area (Å²) >= 11 is 0. The largest absolute Gasteiger partial charge is 0.507 e. The van der Waals surface area contributed by atoms with E-state index in [2.05, 4.69) is 0 Å². The summed E-state index contributed by atoms with van der Waals surface area (Å²) in [5, 5.41) is 19.0. The number of hydrogen-bond acceptors (Lipinski definition) is 5. The Bertz CT molecular complexity index is 424. The molecule has 1 aliphatic heterocycles. The van der Waals surface area contributed by atoms with E-state index in [0.29, 0.717) is 0 Å². The van der Waals surface area contributed by atoms with Crippen LogP contribution >= 0.6 is 0 Å². The number of fused-ring (bicyclic) bond motifs is 1. The van der Waals surface area contributed by atoms with Crippen LogP contribution in [-0.2, 0) is 0 Å². The normalized spacial score (nSPS) is 14.3. The van der Waals surface area contributed by atoms with Crippen molar-refractivity contribution >= 4 is 5.78 Å². The third-order valence-electron chi connectivity index (χ3n) is 2.25. The average Bonchev–Trinajstić information content (AvgIpc) is 2.17. The molecular weight excluding hydrogens is 200 g/mol. The molecule has 0 spiro atoms. The number of ether oxygens (including phenoxy) is 2. The predicted octanol–water partition coefficient (Wildman–Crippen LogP) is 1.07. The molecule has 1 aromatic rings. The van der Waals surface area contributed by atoms with Crippen molar-refractivity contribution < 1.29 is 24.5 Å². The highest BCUT2D eigenvalue weighted by Crippen LogP contribution is 2.46. The highest BCUT2D eigenvalue weighted by atomic mass is 16.5. The Hall–Kier alpha value is -1.91. The lowest BCUT2D eigenvalue weighted by molar-refractivity contribution is 0.0926. The first-order valence-corrected chi connectivity index (χ1v) is 4.44. The first-order valence-electron chi connectivity index (χ1n) is 4.44. The van der Waals surface area contributed by atoms with Gasteiger partial charge in [0.2, 0.25) is 5.75 Å². The Morgan fingerprint density at radius 2 is 2.13 bits per heavy atom. The standard InChI is InChI=1S/C10H10O5/c1-14-9-7(13)4-6(12)8-5(11)2-3-15-10(8)9/h4,12-13H,2-3H2,1H3. The van der Waals surface area contributed by atoms with Crippen LogP contribution in [0.3, 0.4) is 0 Å². The number of benzene rings is 1. The summed E-state index contributed by atoms with van der Waals surface area (Å²) in [6, 6.07) is 1.07. The van der Waals surface area contributed by atoms with Crippen LogP contribution in [0.4, 0.5) is 0 Å². The molecule has 0 unspecified atom stereocenters. The maximum atomic E-state index is 11.5. The second kappa shape index (κ2) is 3.34. The highest BCUT2D eigenvalue weighted by molar-refractivity contribution is 6.03. The number of aromatic hydroxyl groups is 2. The van der Waals surface area contributed by atoms with E-state index < -0.39 is 0 Å². The SMILES string of the molecule is COc1c(O)cc(O)c2c1OCCC2=O. The van der Waals surface area contributed by atoms with Crippen LogP contribution in [0, 0.1) is 0 Å². The molecule has 15 heavy (non-hydrogen) atoms. The summed E-state index contributed by atoms with van der Waals surface area (Å²) < 4.78 is 10.1.